The van der Waals surface area contributed by atoms with E-state index in [-0.39, 0.29) is 11.4 Å². The van der Waals surface area contributed by atoms with E-state index in [2.05, 4.69) is 9.98 Å². The molecular formula is C17H14FN3O2. The summed E-state index contributed by atoms with van der Waals surface area (Å²) >= 11 is 0. The standard InChI is InChI=1S/C17H14FN3O2/c18-13-3-5-15(6-4-13)21-11-14(2-1-9-22)20-16(17(21)23)12-7-8-19-10-12/h3-7,9-11H,1-2,8H2. The van der Waals surface area contributed by atoms with Crippen LogP contribution in [0.1, 0.15) is 17.8 Å². The number of aromatic nitrogens is 2. The van der Waals surface area contributed by atoms with Gasteiger partial charge in [-0.25, -0.2) is 9.37 Å². The van der Waals surface area contributed by atoms with Crippen molar-refractivity contribution in [3.05, 3.63) is 64.1 Å². The molecule has 1 aliphatic heterocycles. The number of benzene rings is 1. The lowest BCUT2D eigenvalue weighted by Crippen LogP contribution is -2.24. The number of hydrogen-bond acceptors (Lipinski definition) is 4. The van der Waals surface area contributed by atoms with Crippen molar-refractivity contribution < 1.29 is 9.18 Å². The Hall–Kier alpha value is -2.89. The van der Waals surface area contributed by atoms with Crippen LogP contribution in [-0.2, 0) is 11.2 Å². The molecule has 0 unspecified atom stereocenters. The highest BCUT2D eigenvalue weighted by Gasteiger charge is 2.14. The first-order chi connectivity index (χ1) is 11.2. The molecule has 0 fully saturated rings. The number of nitrogens with zero attached hydrogens (tertiary/aromatic N) is 3. The predicted octanol–water partition coefficient (Wildman–Crippen LogP) is 1.97. The summed E-state index contributed by atoms with van der Waals surface area (Å²) in [6.07, 6.45) is 6.59. The Bertz CT molecular complexity index is 851. The van der Waals surface area contributed by atoms with Gasteiger partial charge in [0.25, 0.3) is 5.56 Å². The third-order valence-electron chi connectivity index (χ3n) is 3.50. The highest BCUT2D eigenvalue weighted by molar-refractivity contribution is 6.10. The molecule has 3 rings (SSSR count). The minimum Gasteiger partial charge on any atom is -0.303 e. The van der Waals surface area contributed by atoms with Crippen LogP contribution < -0.4 is 5.56 Å². The Morgan fingerprint density at radius 3 is 2.70 bits per heavy atom. The summed E-state index contributed by atoms with van der Waals surface area (Å²) in [5, 5.41) is 0. The SMILES string of the molecule is O=CCCc1cn(-c2ccc(F)cc2)c(=O)c(C2=CCN=C2)n1. The van der Waals surface area contributed by atoms with Crippen molar-refractivity contribution in [3.63, 3.8) is 0 Å². The largest absolute Gasteiger partial charge is 0.303 e. The summed E-state index contributed by atoms with van der Waals surface area (Å²) < 4.78 is 14.5. The average molecular weight is 311 g/mol. The van der Waals surface area contributed by atoms with Crippen molar-refractivity contribution in [2.45, 2.75) is 12.8 Å². The molecule has 0 saturated carbocycles. The van der Waals surface area contributed by atoms with Gasteiger partial charge in [-0.1, -0.05) is 6.08 Å². The number of aryl methyl sites for hydroxylation is 1. The molecule has 0 spiro atoms. The Labute approximate surface area is 131 Å². The molecule has 2 aromatic rings. The lowest BCUT2D eigenvalue weighted by Gasteiger charge is -2.10. The minimum absolute atomic E-state index is 0.291. The van der Waals surface area contributed by atoms with Crippen LogP contribution in [0.3, 0.4) is 0 Å². The zero-order valence-electron chi connectivity index (χ0n) is 12.3. The summed E-state index contributed by atoms with van der Waals surface area (Å²) in [6, 6.07) is 5.65. The van der Waals surface area contributed by atoms with Gasteiger partial charge < -0.3 is 4.79 Å². The fraction of sp³-hybridized carbons (Fsp3) is 0.176. The summed E-state index contributed by atoms with van der Waals surface area (Å²) in [4.78, 5) is 31.8. The van der Waals surface area contributed by atoms with E-state index in [1.54, 1.807) is 12.4 Å². The van der Waals surface area contributed by atoms with Gasteiger partial charge in [0.2, 0.25) is 0 Å². The van der Waals surface area contributed by atoms with Gasteiger partial charge in [0, 0.05) is 30.1 Å². The fourth-order valence-corrected chi connectivity index (χ4v) is 2.36. The van der Waals surface area contributed by atoms with E-state index in [4.69, 9.17) is 0 Å². The van der Waals surface area contributed by atoms with E-state index in [1.165, 1.54) is 28.8 Å². The Morgan fingerprint density at radius 2 is 2.04 bits per heavy atom. The molecule has 0 amide bonds. The van der Waals surface area contributed by atoms with Crippen molar-refractivity contribution in [2.24, 2.45) is 4.99 Å². The predicted molar refractivity (Wildman–Crippen MR) is 85.5 cm³/mol. The molecule has 0 saturated heterocycles. The number of carbonyl (C=O) groups excluding carboxylic acids is 1. The van der Waals surface area contributed by atoms with Crippen molar-refractivity contribution in [1.29, 1.82) is 0 Å². The number of aldehydes is 1. The minimum atomic E-state index is -0.372. The molecule has 0 bridgehead atoms. The van der Waals surface area contributed by atoms with E-state index >= 15 is 0 Å². The highest BCUT2D eigenvalue weighted by Crippen LogP contribution is 2.14. The van der Waals surface area contributed by atoms with E-state index < -0.39 is 0 Å². The fourth-order valence-electron chi connectivity index (χ4n) is 2.36. The van der Waals surface area contributed by atoms with Gasteiger partial charge in [0.15, 0.2) is 0 Å². The topological polar surface area (TPSA) is 64.3 Å². The third kappa shape index (κ3) is 3.15. The van der Waals surface area contributed by atoms with E-state index in [9.17, 15) is 14.0 Å². The zero-order chi connectivity index (χ0) is 16.2. The second-order valence-corrected chi connectivity index (χ2v) is 5.09. The smallest absolute Gasteiger partial charge is 0.281 e. The first-order valence-corrected chi connectivity index (χ1v) is 7.21. The molecule has 23 heavy (non-hydrogen) atoms. The third-order valence-corrected chi connectivity index (χ3v) is 3.50. The lowest BCUT2D eigenvalue weighted by atomic mass is 10.2. The van der Waals surface area contributed by atoms with Crippen LogP contribution in [0.15, 0.2) is 46.3 Å². The number of carbonyl (C=O) groups is 1. The Kier molecular flexibility index (Phi) is 4.23. The zero-order valence-corrected chi connectivity index (χ0v) is 12.3. The van der Waals surface area contributed by atoms with Gasteiger partial charge in [-0.3, -0.25) is 14.4 Å². The molecule has 6 heteroatoms. The molecule has 0 aliphatic carbocycles. The molecular weight excluding hydrogens is 297 g/mol. The highest BCUT2D eigenvalue weighted by atomic mass is 19.1. The van der Waals surface area contributed by atoms with Crippen LogP contribution in [0.4, 0.5) is 4.39 Å². The van der Waals surface area contributed by atoms with Crippen LogP contribution >= 0.6 is 0 Å². The number of aliphatic imine (C=N–C) groups is 1. The Balaban J connectivity index is 2.15. The van der Waals surface area contributed by atoms with Crippen LogP contribution in [0.5, 0.6) is 0 Å². The summed E-state index contributed by atoms with van der Waals surface area (Å²) in [7, 11) is 0. The number of halogens is 1. The molecule has 0 atom stereocenters. The maximum Gasteiger partial charge on any atom is 0.281 e. The maximum atomic E-state index is 13.1. The summed E-state index contributed by atoms with van der Waals surface area (Å²) in [5.74, 6) is -0.372. The van der Waals surface area contributed by atoms with Crippen molar-refractivity contribution >= 4 is 18.1 Å². The second-order valence-electron chi connectivity index (χ2n) is 5.09. The van der Waals surface area contributed by atoms with Crippen LogP contribution in [0, 0.1) is 5.82 Å². The van der Waals surface area contributed by atoms with Crippen LogP contribution in [0.25, 0.3) is 11.3 Å². The van der Waals surface area contributed by atoms with Gasteiger partial charge in [0.1, 0.15) is 17.8 Å². The van der Waals surface area contributed by atoms with Gasteiger partial charge in [-0.15, -0.1) is 0 Å². The van der Waals surface area contributed by atoms with Crippen molar-refractivity contribution in [2.75, 3.05) is 6.54 Å². The van der Waals surface area contributed by atoms with E-state index in [0.29, 0.717) is 42.0 Å². The Morgan fingerprint density at radius 1 is 1.26 bits per heavy atom. The van der Waals surface area contributed by atoms with Gasteiger partial charge in [-0.2, -0.15) is 0 Å². The molecule has 1 aromatic carbocycles. The average Bonchev–Trinajstić information content (AvgIpc) is 3.09. The van der Waals surface area contributed by atoms with Gasteiger partial charge in [0.05, 0.1) is 12.2 Å². The van der Waals surface area contributed by atoms with E-state index in [1.807, 2.05) is 6.08 Å². The molecule has 5 nitrogen and oxygen atoms in total. The molecule has 1 aromatic heterocycles. The molecule has 2 heterocycles. The number of allylic oxidation sites excluding steroid dienone is 1. The number of rotatable bonds is 5. The summed E-state index contributed by atoms with van der Waals surface area (Å²) in [5.41, 5.74) is 1.82. The monoisotopic (exact) mass is 311 g/mol. The van der Waals surface area contributed by atoms with Crippen LogP contribution in [0.2, 0.25) is 0 Å². The first kappa shape index (κ1) is 15.0. The van der Waals surface area contributed by atoms with Crippen molar-refractivity contribution in [3.8, 4) is 5.69 Å². The van der Waals surface area contributed by atoms with Gasteiger partial charge in [-0.05, 0) is 30.7 Å². The molecule has 116 valence electrons. The molecule has 0 N–H and O–H groups in total. The lowest BCUT2D eigenvalue weighted by molar-refractivity contribution is -0.107. The molecule has 0 radical (unpaired) electrons. The number of hydrogen-bond donors (Lipinski definition) is 0. The first-order valence-electron chi connectivity index (χ1n) is 7.21. The van der Waals surface area contributed by atoms with Gasteiger partial charge >= 0.3 is 0 Å². The van der Waals surface area contributed by atoms with E-state index in [0.717, 1.165) is 6.29 Å². The second kappa shape index (κ2) is 6.48. The van der Waals surface area contributed by atoms with Crippen molar-refractivity contribution in [1.82, 2.24) is 9.55 Å². The summed E-state index contributed by atoms with van der Waals surface area (Å²) in [6.45, 7) is 0.519. The van der Waals surface area contributed by atoms with Crippen LogP contribution in [-0.4, -0.2) is 28.6 Å². The molecule has 1 aliphatic rings. The quantitative estimate of drug-likeness (QED) is 0.793. The normalized spacial score (nSPS) is 13.2. The maximum absolute atomic E-state index is 13.1.